The Morgan fingerprint density at radius 2 is 1.75 bits per heavy atom. The number of hydrogen-bond donors (Lipinski definition) is 0. The molecule has 3 rings (SSSR count). The number of aromatic nitrogens is 1. The predicted octanol–water partition coefficient (Wildman–Crippen LogP) is 4.53. The third-order valence-electron chi connectivity index (χ3n) is 4.73. The summed E-state index contributed by atoms with van der Waals surface area (Å²) in [4.78, 5) is 17.7. The van der Waals surface area contributed by atoms with Crippen molar-refractivity contribution in [1.29, 1.82) is 0 Å². The third kappa shape index (κ3) is 4.12. The molecule has 0 aliphatic rings. The van der Waals surface area contributed by atoms with Crippen LogP contribution in [-0.2, 0) is 17.8 Å². The summed E-state index contributed by atoms with van der Waals surface area (Å²) in [5.41, 5.74) is 3.23. The van der Waals surface area contributed by atoms with Crippen LogP contribution in [0.15, 0.2) is 41.4 Å². The average molecular weight is 399 g/mol. The normalized spacial score (nSPS) is 12.0. The number of thiazole rings is 1. The van der Waals surface area contributed by atoms with Crippen molar-refractivity contribution in [2.45, 2.75) is 39.7 Å². The minimum atomic E-state index is -0.148. The first-order valence-electron chi connectivity index (χ1n) is 9.38. The predicted molar refractivity (Wildman–Crippen MR) is 113 cm³/mol. The largest absolute Gasteiger partial charge is 0.493 e. The standard InChI is InChI=1S/C22H26N2O3S/c1-6-24-17-12-18(26-4)19(27-5)13-20(17)28-22(24)23-21(25)11-15-7-9-16(10-8-15)14(2)3/h7-10,12-14H,6,11H2,1-5H3. The maximum atomic E-state index is 12.6. The second kappa shape index (κ2) is 8.61. The lowest BCUT2D eigenvalue weighted by molar-refractivity contribution is -0.117. The summed E-state index contributed by atoms with van der Waals surface area (Å²) in [5.74, 6) is 1.66. The summed E-state index contributed by atoms with van der Waals surface area (Å²) in [6.07, 6.45) is 0.295. The van der Waals surface area contributed by atoms with Gasteiger partial charge in [0, 0.05) is 18.7 Å². The zero-order chi connectivity index (χ0) is 20.3. The highest BCUT2D eigenvalue weighted by Gasteiger charge is 2.12. The fourth-order valence-corrected chi connectivity index (χ4v) is 4.25. The Kier molecular flexibility index (Phi) is 6.19. The molecule has 0 fully saturated rings. The van der Waals surface area contributed by atoms with E-state index in [1.54, 1.807) is 14.2 Å². The number of amides is 1. The van der Waals surface area contributed by atoms with Gasteiger partial charge in [-0.1, -0.05) is 49.4 Å². The average Bonchev–Trinajstić information content (AvgIpc) is 3.02. The van der Waals surface area contributed by atoms with Crippen LogP contribution < -0.4 is 14.3 Å². The first-order valence-corrected chi connectivity index (χ1v) is 10.2. The minimum Gasteiger partial charge on any atom is -0.493 e. The molecule has 0 aliphatic heterocycles. The van der Waals surface area contributed by atoms with E-state index in [2.05, 4.69) is 31.0 Å². The van der Waals surface area contributed by atoms with E-state index in [4.69, 9.17) is 9.47 Å². The summed E-state index contributed by atoms with van der Waals surface area (Å²) in [6, 6.07) is 12.0. The number of aryl methyl sites for hydroxylation is 1. The molecule has 0 saturated heterocycles. The van der Waals surface area contributed by atoms with Crippen LogP contribution in [0.25, 0.3) is 10.2 Å². The Labute approximate surface area is 169 Å². The molecule has 1 heterocycles. The topological polar surface area (TPSA) is 52.8 Å². The summed E-state index contributed by atoms with van der Waals surface area (Å²) in [7, 11) is 3.23. The Bertz CT molecular complexity index is 1050. The van der Waals surface area contributed by atoms with E-state index in [1.165, 1.54) is 16.9 Å². The third-order valence-corrected chi connectivity index (χ3v) is 5.77. The van der Waals surface area contributed by atoms with Gasteiger partial charge in [0.2, 0.25) is 0 Å². The van der Waals surface area contributed by atoms with Gasteiger partial charge in [-0.15, -0.1) is 0 Å². The van der Waals surface area contributed by atoms with Crippen LogP contribution in [-0.4, -0.2) is 24.7 Å². The molecule has 0 spiro atoms. The number of fused-ring (bicyclic) bond motifs is 1. The Hall–Kier alpha value is -2.60. The first kappa shape index (κ1) is 20.1. The minimum absolute atomic E-state index is 0.148. The van der Waals surface area contributed by atoms with E-state index < -0.39 is 0 Å². The molecule has 3 aromatic rings. The number of methoxy groups -OCH3 is 2. The second-order valence-corrected chi connectivity index (χ2v) is 7.89. The van der Waals surface area contributed by atoms with Gasteiger partial charge in [0.1, 0.15) is 0 Å². The van der Waals surface area contributed by atoms with Gasteiger partial charge < -0.3 is 14.0 Å². The monoisotopic (exact) mass is 398 g/mol. The molecule has 0 saturated carbocycles. The molecule has 6 heteroatoms. The van der Waals surface area contributed by atoms with Gasteiger partial charge in [0.25, 0.3) is 5.91 Å². The van der Waals surface area contributed by atoms with Crippen LogP contribution in [0, 0.1) is 0 Å². The van der Waals surface area contributed by atoms with Crippen molar-refractivity contribution in [2.75, 3.05) is 14.2 Å². The van der Waals surface area contributed by atoms with Gasteiger partial charge in [0.15, 0.2) is 16.3 Å². The summed E-state index contributed by atoms with van der Waals surface area (Å²) in [5, 5.41) is 0. The number of carbonyl (C=O) groups is 1. The highest BCUT2D eigenvalue weighted by atomic mass is 32.1. The second-order valence-electron chi connectivity index (χ2n) is 6.88. The van der Waals surface area contributed by atoms with Crippen LogP contribution in [0.1, 0.15) is 37.8 Å². The number of nitrogens with zero attached hydrogens (tertiary/aromatic N) is 2. The molecule has 1 amide bonds. The lowest BCUT2D eigenvalue weighted by Gasteiger charge is -2.08. The van der Waals surface area contributed by atoms with Crippen molar-refractivity contribution in [3.05, 3.63) is 52.3 Å². The molecular weight excluding hydrogens is 372 g/mol. The number of carbonyl (C=O) groups excluding carboxylic acids is 1. The zero-order valence-electron chi connectivity index (χ0n) is 17.0. The molecule has 0 bridgehead atoms. The van der Waals surface area contributed by atoms with E-state index in [-0.39, 0.29) is 5.91 Å². The van der Waals surface area contributed by atoms with Crippen molar-refractivity contribution in [2.24, 2.45) is 4.99 Å². The smallest absolute Gasteiger partial charge is 0.252 e. The van der Waals surface area contributed by atoms with Gasteiger partial charge in [-0.05, 0) is 24.0 Å². The summed E-state index contributed by atoms with van der Waals surface area (Å²) < 4.78 is 13.8. The molecule has 28 heavy (non-hydrogen) atoms. The lowest BCUT2D eigenvalue weighted by Crippen LogP contribution is -2.16. The SMILES string of the molecule is CCn1c(=NC(=O)Cc2ccc(C(C)C)cc2)sc2cc(OC)c(OC)cc21. The van der Waals surface area contributed by atoms with Crippen LogP contribution in [0.3, 0.4) is 0 Å². The van der Waals surface area contributed by atoms with E-state index >= 15 is 0 Å². The number of ether oxygens (including phenoxy) is 2. The number of rotatable bonds is 6. The van der Waals surface area contributed by atoms with Crippen LogP contribution in [0.5, 0.6) is 11.5 Å². The zero-order valence-corrected chi connectivity index (χ0v) is 17.8. The summed E-state index contributed by atoms with van der Waals surface area (Å²) >= 11 is 1.48. The molecule has 0 aliphatic carbocycles. The molecular formula is C22H26N2O3S. The Morgan fingerprint density at radius 3 is 2.32 bits per heavy atom. The van der Waals surface area contributed by atoms with E-state index in [9.17, 15) is 4.79 Å². The maximum absolute atomic E-state index is 12.6. The highest BCUT2D eigenvalue weighted by molar-refractivity contribution is 7.16. The molecule has 0 radical (unpaired) electrons. The van der Waals surface area contributed by atoms with Gasteiger partial charge in [-0.2, -0.15) is 4.99 Å². The Morgan fingerprint density at radius 1 is 1.11 bits per heavy atom. The van der Waals surface area contributed by atoms with E-state index in [0.29, 0.717) is 35.2 Å². The van der Waals surface area contributed by atoms with Crippen molar-refractivity contribution in [3.63, 3.8) is 0 Å². The fourth-order valence-electron chi connectivity index (χ4n) is 3.13. The van der Waals surface area contributed by atoms with Crippen molar-refractivity contribution < 1.29 is 14.3 Å². The van der Waals surface area contributed by atoms with Crippen LogP contribution >= 0.6 is 11.3 Å². The quantitative estimate of drug-likeness (QED) is 0.613. The summed E-state index contributed by atoms with van der Waals surface area (Å²) in [6.45, 7) is 7.07. The molecule has 5 nitrogen and oxygen atoms in total. The molecule has 2 aromatic carbocycles. The Balaban J connectivity index is 1.94. The maximum Gasteiger partial charge on any atom is 0.252 e. The highest BCUT2D eigenvalue weighted by Crippen LogP contribution is 2.33. The van der Waals surface area contributed by atoms with Gasteiger partial charge >= 0.3 is 0 Å². The molecule has 1 aromatic heterocycles. The first-order chi connectivity index (χ1) is 13.5. The van der Waals surface area contributed by atoms with Crippen molar-refractivity contribution in [1.82, 2.24) is 4.57 Å². The van der Waals surface area contributed by atoms with Crippen molar-refractivity contribution >= 4 is 27.5 Å². The molecule has 0 N–H and O–H groups in total. The van der Waals surface area contributed by atoms with Gasteiger partial charge in [-0.25, -0.2) is 0 Å². The van der Waals surface area contributed by atoms with E-state index in [0.717, 1.165) is 15.8 Å². The molecule has 0 atom stereocenters. The van der Waals surface area contributed by atoms with Crippen LogP contribution in [0.4, 0.5) is 0 Å². The van der Waals surface area contributed by atoms with E-state index in [1.807, 2.05) is 35.8 Å². The lowest BCUT2D eigenvalue weighted by atomic mass is 10.0. The van der Waals surface area contributed by atoms with Crippen molar-refractivity contribution in [3.8, 4) is 11.5 Å². The van der Waals surface area contributed by atoms with Gasteiger partial charge in [-0.3, -0.25) is 4.79 Å². The fraction of sp³-hybridized carbons (Fsp3) is 0.364. The number of hydrogen-bond acceptors (Lipinski definition) is 4. The van der Waals surface area contributed by atoms with Gasteiger partial charge in [0.05, 0.1) is 30.9 Å². The molecule has 148 valence electrons. The van der Waals surface area contributed by atoms with Crippen LogP contribution in [0.2, 0.25) is 0 Å². The number of benzene rings is 2. The molecule has 0 unspecified atom stereocenters.